The lowest BCUT2D eigenvalue weighted by Crippen LogP contribution is -3.13. The largest absolute Gasteiger partial charge is 0.454 e. The molecule has 2 aliphatic rings. The summed E-state index contributed by atoms with van der Waals surface area (Å²) in [5, 5.41) is 14.2. The molecule has 0 spiro atoms. The molecule has 2 N–H and O–H groups in total. The van der Waals surface area contributed by atoms with Crippen molar-refractivity contribution in [3.8, 4) is 23.0 Å². The smallest absolute Gasteiger partial charge is 0.292 e. The number of fused-ring (bicyclic) bond motifs is 1. The van der Waals surface area contributed by atoms with Crippen LogP contribution in [0.4, 0.5) is 0 Å². The standard InChI is InChI=1S/C15H17N3O4S/c19-11-2-1-5-17(7-11)8-18-15(23)22-14(16-18)10-3-4-12-13(6-10)21-9-20-12/h3-4,6,11,19H,1-2,5,7-9H2/p+1/t11-/m0/s1. The first-order valence-electron chi connectivity index (χ1n) is 7.68. The molecular weight excluding hydrogens is 318 g/mol. The molecule has 4 rings (SSSR count). The number of aliphatic hydroxyl groups excluding tert-OH is 1. The van der Waals surface area contributed by atoms with E-state index in [1.54, 1.807) is 4.68 Å². The number of piperidine rings is 1. The lowest BCUT2D eigenvalue weighted by atomic mass is 10.1. The number of hydrogen-bond donors (Lipinski definition) is 2. The number of benzene rings is 1. The van der Waals surface area contributed by atoms with Gasteiger partial charge in [0.05, 0.1) is 6.54 Å². The summed E-state index contributed by atoms with van der Waals surface area (Å²) < 4.78 is 18.0. The molecule has 0 radical (unpaired) electrons. The van der Waals surface area contributed by atoms with Crippen LogP contribution in [0.1, 0.15) is 12.8 Å². The Balaban J connectivity index is 1.56. The van der Waals surface area contributed by atoms with Crippen LogP contribution in [0.15, 0.2) is 22.6 Å². The molecule has 23 heavy (non-hydrogen) atoms. The Hall–Kier alpha value is -1.90. The topological polar surface area (TPSA) is 74.1 Å². The second-order valence-corrected chi connectivity index (χ2v) is 6.25. The molecule has 0 amide bonds. The average Bonchev–Trinajstić information content (AvgIpc) is 3.14. The molecule has 1 fully saturated rings. The van der Waals surface area contributed by atoms with Gasteiger partial charge in [-0.25, -0.2) is 0 Å². The summed E-state index contributed by atoms with van der Waals surface area (Å²) in [5.74, 6) is 1.87. The highest BCUT2D eigenvalue weighted by atomic mass is 32.1. The minimum absolute atomic E-state index is 0.233. The zero-order valence-electron chi connectivity index (χ0n) is 12.5. The second-order valence-electron chi connectivity index (χ2n) is 5.90. The average molecular weight is 336 g/mol. The Kier molecular flexibility index (Phi) is 3.80. The van der Waals surface area contributed by atoms with Gasteiger partial charge in [-0.05, 0) is 43.3 Å². The summed E-state index contributed by atoms with van der Waals surface area (Å²) in [7, 11) is 0. The maximum absolute atomic E-state index is 9.77. The van der Waals surface area contributed by atoms with Crippen molar-refractivity contribution in [1.82, 2.24) is 9.78 Å². The van der Waals surface area contributed by atoms with Crippen LogP contribution in [0, 0.1) is 4.84 Å². The number of aromatic nitrogens is 2. The zero-order valence-corrected chi connectivity index (χ0v) is 13.3. The first-order valence-corrected chi connectivity index (χ1v) is 8.09. The highest BCUT2D eigenvalue weighted by Crippen LogP contribution is 2.35. The van der Waals surface area contributed by atoms with Gasteiger partial charge in [0.25, 0.3) is 4.84 Å². The highest BCUT2D eigenvalue weighted by Gasteiger charge is 2.23. The molecule has 2 atom stereocenters. The lowest BCUT2D eigenvalue weighted by Gasteiger charge is -2.26. The van der Waals surface area contributed by atoms with E-state index in [0.29, 0.717) is 29.7 Å². The second kappa shape index (κ2) is 5.95. The van der Waals surface area contributed by atoms with Gasteiger partial charge in [-0.3, -0.25) is 0 Å². The number of nitrogens with one attached hydrogen (secondary N) is 1. The monoisotopic (exact) mass is 336 g/mol. The van der Waals surface area contributed by atoms with Crippen molar-refractivity contribution in [1.29, 1.82) is 0 Å². The van der Waals surface area contributed by atoms with Crippen LogP contribution in [0.25, 0.3) is 11.5 Å². The Morgan fingerprint density at radius 2 is 2.22 bits per heavy atom. The third kappa shape index (κ3) is 2.97. The SMILES string of the molecule is O[C@H]1CCC[NH+](Cn2nc(-c3ccc4c(c3)OCO4)oc2=S)C1. The minimum Gasteiger partial charge on any atom is -0.454 e. The number of quaternary nitrogens is 1. The summed E-state index contributed by atoms with van der Waals surface area (Å²) >= 11 is 5.27. The van der Waals surface area contributed by atoms with Gasteiger partial charge in [-0.15, -0.1) is 5.10 Å². The molecule has 1 aromatic heterocycles. The Morgan fingerprint density at radius 1 is 1.35 bits per heavy atom. The summed E-state index contributed by atoms with van der Waals surface area (Å²) in [6, 6.07) is 5.54. The van der Waals surface area contributed by atoms with Crippen molar-refractivity contribution in [3.63, 3.8) is 0 Å². The van der Waals surface area contributed by atoms with E-state index in [0.717, 1.165) is 30.7 Å². The van der Waals surface area contributed by atoms with Crippen molar-refractivity contribution in [2.45, 2.75) is 25.6 Å². The van der Waals surface area contributed by atoms with Gasteiger partial charge in [0.1, 0.15) is 12.6 Å². The van der Waals surface area contributed by atoms with Crippen molar-refractivity contribution < 1.29 is 23.9 Å². The summed E-state index contributed by atoms with van der Waals surface area (Å²) in [6.45, 7) is 2.56. The normalized spacial score (nSPS) is 23.2. The zero-order chi connectivity index (χ0) is 15.8. The predicted octanol–water partition coefficient (Wildman–Crippen LogP) is 0.598. The molecule has 0 aliphatic carbocycles. The van der Waals surface area contributed by atoms with Crippen LogP contribution >= 0.6 is 12.2 Å². The highest BCUT2D eigenvalue weighted by molar-refractivity contribution is 7.71. The molecule has 2 aromatic rings. The van der Waals surface area contributed by atoms with Gasteiger partial charge >= 0.3 is 0 Å². The van der Waals surface area contributed by atoms with E-state index in [1.165, 1.54) is 4.90 Å². The fraction of sp³-hybridized carbons (Fsp3) is 0.467. The van der Waals surface area contributed by atoms with Crippen molar-refractivity contribution >= 4 is 12.2 Å². The van der Waals surface area contributed by atoms with E-state index in [9.17, 15) is 5.11 Å². The molecule has 1 unspecified atom stereocenters. The number of aliphatic hydroxyl groups is 1. The van der Waals surface area contributed by atoms with E-state index in [1.807, 2.05) is 18.2 Å². The minimum atomic E-state index is -0.242. The number of hydrogen-bond acceptors (Lipinski definition) is 6. The number of rotatable bonds is 3. The van der Waals surface area contributed by atoms with Gasteiger partial charge in [0, 0.05) is 5.56 Å². The van der Waals surface area contributed by atoms with Gasteiger partial charge in [0.15, 0.2) is 18.2 Å². The Morgan fingerprint density at radius 3 is 3.09 bits per heavy atom. The van der Waals surface area contributed by atoms with Crippen LogP contribution in [0.2, 0.25) is 0 Å². The van der Waals surface area contributed by atoms with Crippen LogP contribution in [-0.4, -0.2) is 40.9 Å². The van der Waals surface area contributed by atoms with E-state index in [2.05, 4.69) is 5.10 Å². The Bertz CT molecular complexity index is 772. The fourth-order valence-electron chi connectivity index (χ4n) is 3.03. The van der Waals surface area contributed by atoms with Gasteiger partial charge in [-0.1, -0.05) is 0 Å². The maximum atomic E-state index is 9.77. The third-order valence-electron chi connectivity index (χ3n) is 4.19. The molecule has 0 bridgehead atoms. The molecule has 0 saturated carbocycles. The predicted molar refractivity (Wildman–Crippen MR) is 82.8 cm³/mol. The quantitative estimate of drug-likeness (QED) is 0.800. The number of nitrogens with zero attached hydrogens (tertiary/aromatic N) is 2. The van der Waals surface area contributed by atoms with E-state index in [4.69, 9.17) is 26.1 Å². The molecule has 1 saturated heterocycles. The lowest BCUT2D eigenvalue weighted by molar-refractivity contribution is -0.931. The fourth-order valence-corrected chi connectivity index (χ4v) is 3.22. The first-order chi connectivity index (χ1) is 11.2. The van der Waals surface area contributed by atoms with Gasteiger partial charge in [0.2, 0.25) is 12.7 Å². The molecular formula is C15H18N3O4S+. The van der Waals surface area contributed by atoms with E-state index < -0.39 is 0 Å². The van der Waals surface area contributed by atoms with Crippen LogP contribution in [-0.2, 0) is 6.67 Å². The summed E-state index contributed by atoms with van der Waals surface area (Å²) in [6.07, 6.45) is 1.64. The van der Waals surface area contributed by atoms with Crippen LogP contribution in [0.5, 0.6) is 11.5 Å². The van der Waals surface area contributed by atoms with Crippen LogP contribution in [0.3, 0.4) is 0 Å². The number of likely N-dealkylation sites (tertiary alicyclic amines) is 1. The maximum Gasteiger partial charge on any atom is 0.292 e. The van der Waals surface area contributed by atoms with Crippen LogP contribution < -0.4 is 14.4 Å². The summed E-state index contributed by atoms with van der Waals surface area (Å²) in [4.78, 5) is 1.59. The first kappa shape index (κ1) is 14.7. The number of ether oxygens (including phenoxy) is 2. The molecule has 7 nitrogen and oxygen atoms in total. The molecule has 2 aliphatic heterocycles. The van der Waals surface area contributed by atoms with Crippen molar-refractivity contribution in [2.75, 3.05) is 19.9 Å². The van der Waals surface area contributed by atoms with Crippen molar-refractivity contribution in [2.24, 2.45) is 0 Å². The van der Waals surface area contributed by atoms with Crippen molar-refractivity contribution in [3.05, 3.63) is 23.0 Å². The van der Waals surface area contributed by atoms with Gasteiger partial charge < -0.3 is 23.9 Å². The summed E-state index contributed by atoms with van der Waals surface area (Å²) in [5.41, 5.74) is 0.799. The molecule has 8 heteroatoms. The van der Waals surface area contributed by atoms with E-state index >= 15 is 0 Å². The molecule has 3 heterocycles. The van der Waals surface area contributed by atoms with Gasteiger partial charge in [-0.2, -0.15) is 4.68 Å². The Labute approximate surface area is 138 Å². The molecule has 1 aromatic carbocycles. The van der Waals surface area contributed by atoms with E-state index in [-0.39, 0.29) is 12.9 Å². The molecule has 122 valence electrons. The third-order valence-corrected chi connectivity index (χ3v) is 4.49.